The minimum Gasteiger partial charge on any atom is -0.294 e. The molecule has 2 rings (SSSR count). The highest BCUT2D eigenvalue weighted by Crippen LogP contribution is 2.23. The summed E-state index contributed by atoms with van der Waals surface area (Å²) in [6, 6.07) is 0. The van der Waals surface area contributed by atoms with Crippen LogP contribution in [0, 0.1) is 0 Å². The van der Waals surface area contributed by atoms with Crippen molar-refractivity contribution in [1.29, 1.82) is 0 Å². The van der Waals surface area contributed by atoms with Crippen molar-refractivity contribution in [1.82, 2.24) is 29.5 Å². The van der Waals surface area contributed by atoms with Gasteiger partial charge in [0.2, 0.25) is 0 Å². The van der Waals surface area contributed by atoms with E-state index in [2.05, 4.69) is 20.3 Å². The largest absolute Gasteiger partial charge is 0.296 e. The summed E-state index contributed by atoms with van der Waals surface area (Å²) in [4.78, 5) is 3.82. The predicted octanol–water partition coefficient (Wildman–Crippen LogP) is 0.600. The molecule has 2 aromatic heterocycles. The topological polar surface area (TPSA) is 95.6 Å². The molecule has 0 radical (unpaired) electrons. The zero-order chi connectivity index (χ0) is 14.3. The molecule has 0 aliphatic heterocycles. The van der Waals surface area contributed by atoms with Crippen LogP contribution >= 0.6 is 10.7 Å². The van der Waals surface area contributed by atoms with Crippen LogP contribution in [0.3, 0.4) is 0 Å². The highest BCUT2D eigenvalue weighted by Gasteiger charge is 2.29. The molecule has 8 nitrogen and oxygen atoms in total. The smallest absolute Gasteiger partial charge is 0.294 e. The van der Waals surface area contributed by atoms with Crippen LogP contribution in [-0.2, 0) is 21.1 Å². The van der Waals surface area contributed by atoms with E-state index in [4.69, 9.17) is 10.7 Å². The zero-order valence-electron chi connectivity index (χ0n) is 10.6. The molecule has 0 aliphatic carbocycles. The fourth-order valence-electron chi connectivity index (χ4n) is 1.69. The molecule has 0 N–H and O–H groups in total. The summed E-state index contributed by atoms with van der Waals surface area (Å²) in [6.07, 6.45) is 2.90. The second kappa shape index (κ2) is 4.57. The quantitative estimate of drug-likeness (QED) is 0.771. The molecule has 0 unspecified atom stereocenters. The van der Waals surface area contributed by atoms with Crippen molar-refractivity contribution in [3.63, 3.8) is 0 Å². The van der Waals surface area contributed by atoms with E-state index in [0.29, 0.717) is 5.82 Å². The normalized spacial score (nSPS) is 12.8. The summed E-state index contributed by atoms with van der Waals surface area (Å²) in [5, 5.41) is 11.2. The van der Waals surface area contributed by atoms with E-state index in [9.17, 15) is 8.42 Å². The van der Waals surface area contributed by atoms with Gasteiger partial charge in [-0.05, 0) is 20.8 Å². The van der Waals surface area contributed by atoms with Gasteiger partial charge < -0.3 is 0 Å². The number of nitrogens with zero attached hydrogens (tertiary/aromatic N) is 6. The van der Waals surface area contributed by atoms with Gasteiger partial charge in [-0.15, -0.1) is 10.2 Å². The maximum atomic E-state index is 11.5. The standard InChI is InChI=1S/C9H13ClN6O2S/c1-9(2,3)16-7(4-15-6-11-5-12-15)13-14-8(16)19(10,17)18/h5-6H,4H2,1-3H3. The van der Waals surface area contributed by atoms with Crippen LogP contribution in [0.25, 0.3) is 0 Å². The second-order valence-corrected chi connectivity index (χ2v) is 7.40. The minimum absolute atomic E-state index is 0.261. The SMILES string of the molecule is CC(C)(C)n1c(Cn2cncn2)nnc1S(=O)(=O)Cl. The molecule has 0 saturated heterocycles. The number of rotatable bonds is 3. The van der Waals surface area contributed by atoms with E-state index in [1.54, 1.807) is 0 Å². The molecule has 104 valence electrons. The Bertz CT molecular complexity index is 670. The van der Waals surface area contributed by atoms with Crippen LogP contribution in [-0.4, -0.2) is 37.9 Å². The molecular formula is C9H13ClN6O2S. The lowest BCUT2D eigenvalue weighted by molar-refractivity contribution is 0.346. The van der Waals surface area contributed by atoms with E-state index in [1.807, 2.05) is 20.8 Å². The number of halogens is 1. The van der Waals surface area contributed by atoms with Gasteiger partial charge in [0.1, 0.15) is 19.2 Å². The molecule has 2 heterocycles. The predicted molar refractivity (Wildman–Crippen MR) is 67.2 cm³/mol. The van der Waals surface area contributed by atoms with E-state index >= 15 is 0 Å². The van der Waals surface area contributed by atoms with Gasteiger partial charge in [0.15, 0.2) is 5.82 Å². The Labute approximate surface area is 114 Å². The van der Waals surface area contributed by atoms with Crippen LogP contribution in [0.5, 0.6) is 0 Å². The van der Waals surface area contributed by atoms with E-state index < -0.39 is 14.6 Å². The molecule has 0 atom stereocenters. The fourth-order valence-corrected chi connectivity index (χ4v) is 2.73. The highest BCUT2D eigenvalue weighted by molar-refractivity contribution is 8.13. The third kappa shape index (κ3) is 2.92. The molecule has 0 fully saturated rings. The molecule has 19 heavy (non-hydrogen) atoms. The first-order chi connectivity index (χ1) is 8.69. The monoisotopic (exact) mass is 304 g/mol. The Morgan fingerprint density at radius 2 is 2.00 bits per heavy atom. The molecule has 2 aromatic rings. The lowest BCUT2D eigenvalue weighted by atomic mass is 10.1. The summed E-state index contributed by atoms with van der Waals surface area (Å²) in [6.45, 7) is 5.78. The van der Waals surface area contributed by atoms with Crippen molar-refractivity contribution in [2.24, 2.45) is 0 Å². The Hall–Kier alpha value is -1.48. The Morgan fingerprint density at radius 3 is 2.47 bits per heavy atom. The van der Waals surface area contributed by atoms with Gasteiger partial charge in [-0.3, -0.25) is 4.57 Å². The van der Waals surface area contributed by atoms with Gasteiger partial charge in [-0.1, -0.05) is 0 Å². The first-order valence-corrected chi connectivity index (χ1v) is 7.72. The first-order valence-electron chi connectivity index (χ1n) is 5.41. The molecule has 10 heteroatoms. The van der Waals surface area contributed by atoms with Crippen molar-refractivity contribution < 1.29 is 8.42 Å². The van der Waals surface area contributed by atoms with Gasteiger partial charge in [-0.25, -0.2) is 18.1 Å². The summed E-state index contributed by atoms with van der Waals surface area (Å²) in [5.74, 6) is 0.442. The van der Waals surface area contributed by atoms with Crippen molar-refractivity contribution in [2.75, 3.05) is 0 Å². The van der Waals surface area contributed by atoms with Crippen LogP contribution in [0.2, 0.25) is 0 Å². The average Bonchev–Trinajstić information content (AvgIpc) is 2.84. The van der Waals surface area contributed by atoms with Gasteiger partial charge in [0, 0.05) is 16.2 Å². The van der Waals surface area contributed by atoms with Crippen LogP contribution in [0.1, 0.15) is 26.6 Å². The van der Waals surface area contributed by atoms with Crippen LogP contribution in [0.4, 0.5) is 0 Å². The minimum atomic E-state index is -3.96. The number of aromatic nitrogens is 6. The summed E-state index contributed by atoms with van der Waals surface area (Å²) in [7, 11) is 1.42. The van der Waals surface area contributed by atoms with Crippen LogP contribution in [0.15, 0.2) is 17.8 Å². The van der Waals surface area contributed by atoms with Gasteiger partial charge >= 0.3 is 0 Å². The van der Waals surface area contributed by atoms with Crippen molar-refractivity contribution in [3.8, 4) is 0 Å². The zero-order valence-corrected chi connectivity index (χ0v) is 12.2. The molecule has 0 saturated carbocycles. The second-order valence-electron chi connectivity index (χ2n) is 4.94. The Morgan fingerprint density at radius 1 is 1.32 bits per heavy atom. The maximum Gasteiger partial charge on any atom is 0.296 e. The molecular weight excluding hydrogens is 292 g/mol. The third-order valence-corrected chi connectivity index (χ3v) is 3.47. The van der Waals surface area contributed by atoms with Crippen molar-refractivity contribution in [2.45, 2.75) is 38.0 Å². The third-order valence-electron chi connectivity index (χ3n) is 2.36. The lowest BCUT2D eigenvalue weighted by Gasteiger charge is -2.23. The maximum absolute atomic E-state index is 11.5. The van der Waals surface area contributed by atoms with Crippen molar-refractivity contribution >= 4 is 19.7 Å². The average molecular weight is 305 g/mol. The molecule has 0 aromatic carbocycles. The molecule has 0 spiro atoms. The fraction of sp³-hybridized carbons (Fsp3) is 0.556. The van der Waals surface area contributed by atoms with Gasteiger partial charge in [-0.2, -0.15) is 5.10 Å². The summed E-state index contributed by atoms with van der Waals surface area (Å²) >= 11 is 0. The molecule has 0 bridgehead atoms. The summed E-state index contributed by atoms with van der Waals surface area (Å²) < 4.78 is 26.1. The summed E-state index contributed by atoms with van der Waals surface area (Å²) in [5.41, 5.74) is -0.531. The molecule has 0 amide bonds. The number of hydrogen-bond donors (Lipinski definition) is 0. The van der Waals surface area contributed by atoms with E-state index in [1.165, 1.54) is 21.9 Å². The Balaban J connectivity index is 2.54. The Kier molecular flexibility index (Phi) is 3.35. The first kappa shape index (κ1) is 13.9. The lowest BCUT2D eigenvalue weighted by Crippen LogP contribution is -2.28. The van der Waals surface area contributed by atoms with Gasteiger partial charge in [0.05, 0.1) is 0 Å². The van der Waals surface area contributed by atoms with Crippen LogP contribution < -0.4 is 0 Å². The van der Waals surface area contributed by atoms with E-state index in [-0.39, 0.29) is 11.7 Å². The van der Waals surface area contributed by atoms with E-state index in [0.717, 1.165) is 0 Å². The van der Waals surface area contributed by atoms with Gasteiger partial charge in [0.25, 0.3) is 14.2 Å². The highest BCUT2D eigenvalue weighted by atomic mass is 35.7. The van der Waals surface area contributed by atoms with Crippen molar-refractivity contribution in [3.05, 3.63) is 18.5 Å². The number of hydrogen-bond acceptors (Lipinski definition) is 6. The molecule has 0 aliphatic rings.